The number of nitrogens with zero attached hydrogens (tertiary/aromatic N) is 1. The molecule has 1 aromatic carbocycles. The Bertz CT molecular complexity index is 907. The molecule has 0 aliphatic carbocycles. The molecule has 1 heterocycles. The molecule has 2 rings (SSSR count). The van der Waals surface area contributed by atoms with E-state index < -0.39 is 28.5 Å². The number of hydrogen-bond donors (Lipinski definition) is 2. The summed E-state index contributed by atoms with van der Waals surface area (Å²) in [5.41, 5.74) is -1.10. The van der Waals surface area contributed by atoms with Crippen LogP contribution in [-0.4, -0.2) is 35.0 Å². The number of rotatable bonds is 6. The normalized spacial score (nSPS) is 11.3. The number of non-ortho nitro benzene ring substituents is 1. The minimum Gasteiger partial charge on any atom is -0.495 e. The Kier molecular flexibility index (Phi) is 5.68. The van der Waals surface area contributed by atoms with E-state index in [0.29, 0.717) is 0 Å². The molecule has 0 unspecified atom stereocenters. The van der Waals surface area contributed by atoms with Crippen LogP contribution in [0, 0.1) is 10.1 Å². The molecule has 2 aromatic rings. The van der Waals surface area contributed by atoms with Crippen molar-refractivity contribution in [2.75, 3.05) is 12.4 Å². The number of benzene rings is 1. The molecule has 0 saturated carbocycles. The Morgan fingerprint density at radius 3 is 2.65 bits per heavy atom. The van der Waals surface area contributed by atoms with Crippen LogP contribution in [0.4, 0.5) is 11.4 Å². The maximum Gasteiger partial charge on any atom is 0.344 e. The van der Waals surface area contributed by atoms with Gasteiger partial charge in [-0.3, -0.25) is 19.7 Å². The van der Waals surface area contributed by atoms with Gasteiger partial charge in [0.1, 0.15) is 11.3 Å². The lowest BCUT2D eigenvalue weighted by molar-refractivity contribution is -0.384. The number of nitro benzene ring substituents is 1. The SMILES string of the molecule is COc1ccc([N+](=O)[O-])cc1NC(=O)[C@H](C)OC(=O)c1ccc[nH]c1=O. The van der Waals surface area contributed by atoms with Crippen molar-refractivity contribution in [1.82, 2.24) is 4.98 Å². The first-order valence-electron chi connectivity index (χ1n) is 7.35. The topological polar surface area (TPSA) is 141 Å². The number of H-pyrrole nitrogens is 1. The highest BCUT2D eigenvalue weighted by atomic mass is 16.6. The summed E-state index contributed by atoms with van der Waals surface area (Å²) >= 11 is 0. The molecule has 0 radical (unpaired) electrons. The third-order valence-electron chi connectivity index (χ3n) is 3.34. The smallest absolute Gasteiger partial charge is 0.344 e. The summed E-state index contributed by atoms with van der Waals surface area (Å²) in [6.07, 6.45) is 0.0928. The molecule has 0 aliphatic heterocycles. The van der Waals surface area contributed by atoms with Gasteiger partial charge in [-0.2, -0.15) is 0 Å². The van der Waals surface area contributed by atoms with E-state index in [1.807, 2.05) is 0 Å². The first-order chi connectivity index (χ1) is 12.3. The molecule has 0 spiro atoms. The predicted octanol–water partition coefficient (Wildman–Crippen LogP) is 1.48. The number of anilines is 1. The van der Waals surface area contributed by atoms with E-state index in [1.54, 1.807) is 0 Å². The minimum absolute atomic E-state index is 0.0483. The highest BCUT2D eigenvalue weighted by Gasteiger charge is 2.22. The van der Waals surface area contributed by atoms with E-state index in [9.17, 15) is 24.5 Å². The molecular weight excluding hydrogens is 346 g/mol. The molecule has 0 bridgehead atoms. The molecule has 1 amide bonds. The number of hydrogen-bond acceptors (Lipinski definition) is 7. The number of carbonyl (C=O) groups excluding carboxylic acids is 2. The highest BCUT2D eigenvalue weighted by Crippen LogP contribution is 2.29. The summed E-state index contributed by atoms with van der Waals surface area (Å²) in [5.74, 6) is -1.52. The molecular formula is C16H15N3O7. The monoisotopic (exact) mass is 361 g/mol. The lowest BCUT2D eigenvalue weighted by Crippen LogP contribution is -2.31. The summed E-state index contributed by atoms with van der Waals surface area (Å²) in [4.78, 5) is 48.3. The second-order valence-electron chi connectivity index (χ2n) is 5.09. The molecule has 0 aliphatic rings. The maximum absolute atomic E-state index is 12.2. The molecule has 0 fully saturated rings. The van der Waals surface area contributed by atoms with Crippen molar-refractivity contribution >= 4 is 23.3 Å². The van der Waals surface area contributed by atoms with Crippen molar-refractivity contribution in [3.63, 3.8) is 0 Å². The standard InChI is InChI=1S/C16H15N3O7/c1-9(26-16(22)11-4-3-7-17-15(11)21)14(20)18-12-8-10(19(23)24)5-6-13(12)25-2/h3-9H,1-2H3,(H,17,21)(H,18,20)/t9-/m0/s1. The number of carbonyl (C=O) groups is 2. The summed E-state index contributed by atoms with van der Waals surface area (Å²) < 4.78 is 9.99. The van der Waals surface area contributed by atoms with Crippen LogP contribution in [0.25, 0.3) is 0 Å². The van der Waals surface area contributed by atoms with Gasteiger partial charge in [0.15, 0.2) is 6.10 Å². The molecule has 2 N–H and O–H groups in total. The largest absolute Gasteiger partial charge is 0.495 e. The summed E-state index contributed by atoms with van der Waals surface area (Å²) in [6, 6.07) is 6.37. The molecule has 10 nitrogen and oxygen atoms in total. The number of aromatic nitrogens is 1. The average molecular weight is 361 g/mol. The fourth-order valence-electron chi connectivity index (χ4n) is 2.00. The summed E-state index contributed by atoms with van der Waals surface area (Å²) in [7, 11) is 1.34. The highest BCUT2D eigenvalue weighted by molar-refractivity contribution is 5.98. The van der Waals surface area contributed by atoms with Crippen LogP contribution in [0.2, 0.25) is 0 Å². The van der Waals surface area contributed by atoms with Gasteiger partial charge >= 0.3 is 5.97 Å². The van der Waals surface area contributed by atoms with Crippen LogP contribution >= 0.6 is 0 Å². The Morgan fingerprint density at radius 1 is 1.31 bits per heavy atom. The van der Waals surface area contributed by atoms with Gasteiger partial charge in [-0.1, -0.05) is 0 Å². The number of methoxy groups -OCH3 is 1. The van der Waals surface area contributed by atoms with Gasteiger partial charge < -0.3 is 19.8 Å². The molecule has 1 aromatic heterocycles. The number of amides is 1. The van der Waals surface area contributed by atoms with E-state index in [4.69, 9.17) is 9.47 Å². The molecule has 136 valence electrons. The number of nitro groups is 1. The van der Waals surface area contributed by atoms with Gasteiger partial charge in [-0.15, -0.1) is 0 Å². The number of ether oxygens (including phenoxy) is 2. The number of esters is 1. The van der Waals surface area contributed by atoms with E-state index >= 15 is 0 Å². The quantitative estimate of drug-likeness (QED) is 0.451. The molecule has 0 saturated heterocycles. The number of nitrogens with one attached hydrogen (secondary N) is 2. The van der Waals surface area contributed by atoms with Gasteiger partial charge in [0.05, 0.1) is 17.7 Å². The van der Waals surface area contributed by atoms with Crippen molar-refractivity contribution in [3.05, 3.63) is 62.6 Å². The van der Waals surface area contributed by atoms with Gasteiger partial charge in [0, 0.05) is 18.3 Å². The minimum atomic E-state index is -1.26. The molecule has 26 heavy (non-hydrogen) atoms. The van der Waals surface area contributed by atoms with Crippen molar-refractivity contribution in [1.29, 1.82) is 0 Å². The van der Waals surface area contributed by atoms with Gasteiger partial charge in [0.25, 0.3) is 17.2 Å². The van der Waals surface area contributed by atoms with Crippen molar-refractivity contribution in [3.8, 4) is 5.75 Å². The van der Waals surface area contributed by atoms with Crippen LogP contribution in [0.3, 0.4) is 0 Å². The summed E-state index contributed by atoms with van der Waals surface area (Å²) in [5, 5.41) is 13.3. The first kappa shape index (κ1) is 18.6. The van der Waals surface area contributed by atoms with Gasteiger partial charge in [-0.25, -0.2) is 4.79 Å². The van der Waals surface area contributed by atoms with Crippen LogP contribution in [0.5, 0.6) is 5.75 Å². The van der Waals surface area contributed by atoms with Gasteiger partial charge in [-0.05, 0) is 25.1 Å². The first-order valence-corrected chi connectivity index (χ1v) is 7.35. The van der Waals surface area contributed by atoms with Crippen LogP contribution < -0.4 is 15.6 Å². The zero-order chi connectivity index (χ0) is 19.3. The van der Waals surface area contributed by atoms with E-state index in [0.717, 1.165) is 6.07 Å². The molecule has 1 atom stereocenters. The lowest BCUT2D eigenvalue weighted by atomic mass is 10.2. The Balaban J connectivity index is 2.13. The molecule has 10 heteroatoms. The Hall–Kier alpha value is -3.69. The zero-order valence-corrected chi connectivity index (χ0v) is 13.8. The fraction of sp³-hybridized carbons (Fsp3) is 0.188. The van der Waals surface area contributed by atoms with Crippen molar-refractivity contribution in [2.24, 2.45) is 0 Å². The Labute approximate surface area is 146 Å². The van der Waals surface area contributed by atoms with E-state index in [-0.39, 0.29) is 22.7 Å². The second-order valence-corrected chi connectivity index (χ2v) is 5.09. The van der Waals surface area contributed by atoms with Gasteiger partial charge in [0.2, 0.25) is 0 Å². The van der Waals surface area contributed by atoms with Crippen LogP contribution in [-0.2, 0) is 9.53 Å². The maximum atomic E-state index is 12.2. The third kappa shape index (κ3) is 4.23. The summed E-state index contributed by atoms with van der Waals surface area (Å²) in [6.45, 7) is 1.30. The second kappa shape index (κ2) is 7.92. The van der Waals surface area contributed by atoms with Crippen molar-refractivity contribution < 1.29 is 24.0 Å². The average Bonchev–Trinajstić information content (AvgIpc) is 2.61. The van der Waals surface area contributed by atoms with Crippen LogP contribution in [0.1, 0.15) is 17.3 Å². The van der Waals surface area contributed by atoms with Crippen molar-refractivity contribution in [2.45, 2.75) is 13.0 Å². The predicted molar refractivity (Wildman–Crippen MR) is 90.2 cm³/mol. The Morgan fingerprint density at radius 2 is 2.04 bits per heavy atom. The fourth-order valence-corrected chi connectivity index (χ4v) is 2.00. The lowest BCUT2D eigenvalue weighted by Gasteiger charge is -2.15. The van der Waals surface area contributed by atoms with E-state index in [2.05, 4.69) is 10.3 Å². The number of aromatic amines is 1. The number of pyridine rings is 1. The zero-order valence-electron chi connectivity index (χ0n) is 13.8. The van der Waals surface area contributed by atoms with Crippen LogP contribution in [0.15, 0.2) is 41.3 Å². The third-order valence-corrected chi connectivity index (χ3v) is 3.34. The van der Waals surface area contributed by atoms with E-state index in [1.165, 1.54) is 44.5 Å².